The van der Waals surface area contributed by atoms with Gasteiger partial charge in [-0.3, -0.25) is 9.59 Å². The smallest absolute Gasteiger partial charge is 0.305 e. The summed E-state index contributed by atoms with van der Waals surface area (Å²) in [7, 11) is 0. The van der Waals surface area contributed by atoms with E-state index in [0.717, 1.165) is 0 Å². The van der Waals surface area contributed by atoms with E-state index in [9.17, 15) is 9.59 Å². The second kappa shape index (κ2) is 7.25. The maximum Gasteiger partial charge on any atom is 0.305 e. The van der Waals surface area contributed by atoms with E-state index >= 15 is 0 Å². The van der Waals surface area contributed by atoms with Gasteiger partial charge in [0.1, 0.15) is 0 Å². The number of rotatable bonds is 4. The summed E-state index contributed by atoms with van der Waals surface area (Å²) in [4.78, 5) is 25.5. The number of hydrogen-bond acceptors (Lipinski definition) is 4. The van der Waals surface area contributed by atoms with Crippen molar-refractivity contribution in [1.29, 1.82) is 0 Å². The molecule has 0 aliphatic carbocycles. The number of hydrogen-bond donors (Lipinski definition) is 1. The van der Waals surface area contributed by atoms with Gasteiger partial charge in [0.15, 0.2) is 0 Å². The Bertz CT molecular complexity index is 805. The molecule has 132 valence electrons. The monoisotopic (exact) mass is 363 g/mol. The lowest BCUT2D eigenvalue weighted by Crippen LogP contribution is -2.49. The van der Waals surface area contributed by atoms with Crippen molar-refractivity contribution in [2.45, 2.75) is 19.4 Å². The molecular formula is C17H18ClN3O4. The molecule has 1 atom stereocenters. The zero-order chi connectivity index (χ0) is 18.0. The molecule has 0 radical (unpaired) electrons. The Morgan fingerprint density at radius 2 is 2.16 bits per heavy atom. The van der Waals surface area contributed by atoms with Gasteiger partial charge in [0.05, 0.1) is 53.8 Å². The topological polar surface area (TPSA) is 84.7 Å². The van der Waals surface area contributed by atoms with Gasteiger partial charge in [-0.05, 0) is 19.1 Å². The van der Waals surface area contributed by atoms with Gasteiger partial charge < -0.3 is 14.7 Å². The van der Waals surface area contributed by atoms with Crippen LogP contribution in [0.5, 0.6) is 0 Å². The summed E-state index contributed by atoms with van der Waals surface area (Å²) in [6.45, 7) is 2.75. The molecule has 7 nitrogen and oxygen atoms in total. The summed E-state index contributed by atoms with van der Waals surface area (Å²) in [6, 6.07) is 6.75. The number of ether oxygens (including phenoxy) is 1. The Hall–Kier alpha value is -2.38. The number of aromatic nitrogens is 2. The highest BCUT2D eigenvalue weighted by Gasteiger charge is 2.31. The van der Waals surface area contributed by atoms with Crippen molar-refractivity contribution in [3.8, 4) is 5.69 Å². The van der Waals surface area contributed by atoms with Crippen LogP contribution in [0.25, 0.3) is 5.69 Å². The second-order valence-electron chi connectivity index (χ2n) is 5.83. The Balaban J connectivity index is 1.90. The average molecular weight is 364 g/mol. The van der Waals surface area contributed by atoms with Crippen LogP contribution in [0.4, 0.5) is 0 Å². The van der Waals surface area contributed by atoms with Crippen molar-refractivity contribution in [2.75, 3.05) is 19.8 Å². The number of benzene rings is 1. The molecule has 1 amide bonds. The second-order valence-corrected chi connectivity index (χ2v) is 6.24. The van der Waals surface area contributed by atoms with Crippen molar-refractivity contribution >= 4 is 23.5 Å². The van der Waals surface area contributed by atoms with Gasteiger partial charge in [-0.25, -0.2) is 4.68 Å². The molecule has 1 aromatic heterocycles. The largest absolute Gasteiger partial charge is 0.481 e. The molecule has 1 fully saturated rings. The molecule has 1 aliphatic rings. The molecule has 0 spiro atoms. The number of carbonyl (C=O) groups excluding carboxylic acids is 1. The van der Waals surface area contributed by atoms with Crippen LogP contribution >= 0.6 is 11.6 Å². The van der Waals surface area contributed by atoms with E-state index in [1.807, 2.05) is 18.2 Å². The first-order chi connectivity index (χ1) is 12.0. The molecule has 0 saturated carbocycles. The number of carboxylic acid groups (broad SMARTS) is 1. The fourth-order valence-corrected chi connectivity index (χ4v) is 3.15. The zero-order valence-corrected chi connectivity index (χ0v) is 14.4. The number of aliphatic carboxylic acids is 1. The van der Waals surface area contributed by atoms with Crippen molar-refractivity contribution in [3.63, 3.8) is 0 Å². The normalized spacial score (nSPS) is 17.5. The van der Waals surface area contributed by atoms with Gasteiger partial charge in [-0.15, -0.1) is 0 Å². The molecule has 1 N–H and O–H groups in total. The van der Waals surface area contributed by atoms with Crippen molar-refractivity contribution in [1.82, 2.24) is 14.7 Å². The number of carbonyl (C=O) groups is 2. The maximum atomic E-state index is 12.9. The Morgan fingerprint density at radius 3 is 2.88 bits per heavy atom. The SMILES string of the molecule is Cc1c(C(=O)N2CCOCC2CC(=O)O)cnn1-c1ccccc1Cl. The van der Waals surface area contributed by atoms with Gasteiger partial charge >= 0.3 is 5.97 Å². The predicted octanol–water partition coefficient (Wildman–Crippen LogP) is 2.15. The number of carboxylic acids is 1. The number of halogens is 1. The molecule has 25 heavy (non-hydrogen) atoms. The third kappa shape index (κ3) is 3.52. The summed E-state index contributed by atoms with van der Waals surface area (Å²) in [5, 5.41) is 13.9. The number of nitrogens with zero attached hydrogens (tertiary/aromatic N) is 3. The zero-order valence-electron chi connectivity index (χ0n) is 13.7. The lowest BCUT2D eigenvalue weighted by molar-refractivity contribution is -0.139. The highest BCUT2D eigenvalue weighted by molar-refractivity contribution is 6.32. The molecule has 0 bridgehead atoms. The minimum Gasteiger partial charge on any atom is -0.481 e. The van der Waals surface area contributed by atoms with Crippen LogP contribution in [0.3, 0.4) is 0 Å². The van der Waals surface area contributed by atoms with Crippen LogP contribution in [0, 0.1) is 6.92 Å². The van der Waals surface area contributed by atoms with Crippen LogP contribution in [-0.4, -0.2) is 57.5 Å². The molecule has 1 unspecified atom stereocenters. The van der Waals surface area contributed by atoms with Gasteiger partial charge in [-0.2, -0.15) is 5.10 Å². The van der Waals surface area contributed by atoms with Crippen molar-refractivity contribution in [2.24, 2.45) is 0 Å². The van der Waals surface area contributed by atoms with E-state index in [1.54, 1.807) is 22.6 Å². The van der Waals surface area contributed by atoms with Crippen molar-refractivity contribution in [3.05, 3.63) is 46.7 Å². The Labute approximate surface area is 149 Å². The highest BCUT2D eigenvalue weighted by atomic mass is 35.5. The van der Waals surface area contributed by atoms with Gasteiger partial charge in [0.2, 0.25) is 0 Å². The van der Waals surface area contributed by atoms with Crippen LogP contribution in [0.1, 0.15) is 22.5 Å². The minimum atomic E-state index is -0.961. The van der Waals surface area contributed by atoms with Crippen LogP contribution in [0.2, 0.25) is 5.02 Å². The predicted molar refractivity (Wildman–Crippen MR) is 91.2 cm³/mol. The summed E-state index contributed by atoms with van der Waals surface area (Å²) in [5.74, 6) is -1.21. The summed E-state index contributed by atoms with van der Waals surface area (Å²) in [6.07, 6.45) is 1.34. The molecule has 2 aromatic rings. The number of morpholine rings is 1. The first-order valence-electron chi connectivity index (χ1n) is 7.89. The molecule has 1 aliphatic heterocycles. The molecule has 1 saturated heterocycles. The summed E-state index contributed by atoms with van der Waals surface area (Å²) >= 11 is 6.21. The fraction of sp³-hybridized carbons (Fsp3) is 0.353. The van der Waals surface area contributed by atoms with Gasteiger partial charge in [0.25, 0.3) is 5.91 Å². The third-order valence-corrected chi connectivity index (χ3v) is 4.54. The highest BCUT2D eigenvalue weighted by Crippen LogP contribution is 2.23. The van der Waals surface area contributed by atoms with Gasteiger partial charge in [0, 0.05) is 6.54 Å². The molecular weight excluding hydrogens is 346 g/mol. The molecule has 3 rings (SSSR count). The van der Waals surface area contributed by atoms with Crippen LogP contribution in [-0.2, 0) is 9.53 Å². The van der Waals surface area contributed by atoms with E-state index < -0.39 is 12.0 Å². The summed E-state index contributed by atoms with van der Waals surface area (Å²) < 4.78 is 6.94. The summed E-state index contributed by atoms with van der Waals surface area (Å²) in [5.41, 5.74) is 1.76. The maximum absolute atomic E-state index is 12.9. The van der Waals surface area contributed by atoms with E-state index in [-0.39, 0.29) is 18.9 Å². The molecule has 2 heterocycles. The first kappa shape index (κ1) is 17.4. The standard InChI is InChI=1S/C17H18ClN3O4/c1-11-13(9-19-21(11)15-5-3-2-4-14(15)18)17(24)20-6-7-25-10-12(20)8-16(22)23/h2-5,9,12H,6-8,10H2,1H3,(H,22,23). The third-order valence-electron chi connectivity index (χ3n) is 4.22. The van der Waals surface area contributed by atoms with E-state index in [1.165, 1.54) is 6.20 Å². The van der Waals surface area contributed by atoms with Crippen LogP contribution < -0.4 is 0 Å². The van der Waals surface area contributed by atoms with Gasteiger partial charge in [-0.1, -0.05) is 23.7 Å². The van der Waals surface area contributed by atoms with E-state index in [4.69, 9.17) is 21.4 Å². The minimum absolute atomic E-state index is 0.149. The number of amides is 1. The van der Waals surface area contributed by atoms with Crippen molar-refractivity contribution < 1.29 is 19.4 Å². The molecule has 1 aromatic carbocycles. The lowest BCUT2D eigenvalue weighted by atomic mass is 10.1. The van der Waals surface area contributed by atoms with E-state index in [2.05, 4.69) is 5.10 Å². The average Bonchev–Trinajstić information content (AvgIpc) is 2.96. The van der Waals surface area contributed by atoms with E-state index in [0.29, 0.717) is 35.1 Å². The fourth-order valence-electron chi connectivity index (χ4n) is 2.93. The van der Waals surface area contributed by atoms with Crippen LogP contribution in [0.15, 0.2) is 30.5 Å². The molecule has 8 heteroatoms. The quantitative estimate of drug-likeness (QED) is 0.899. The Kier molecular flexibility index (Phi) is 5.06. The number of para-hydroxylation sites is 1. The first-order valence-corrected chi connectivity index (χ1v) is 8.27. The Morgan fingerprint density at radius 1 is 1.40 bits per heavy atom. The lowest BCUT2D eigenvalue weighted by Gasteiger charge is -2.34.